The van der Waals surface area contributed by atoms with E-state index in [4.69, 9.17) is 4.74 Å². The van der Waals surface area contributed by atoms with Crippen molar-refractivity contribution < 1.29 is 14.3 Å². The molecule has 2 aromatic carbocycles. The molecular formula is C18H17BrN2O3. The molecule has 1 fully saturated rings. The molecule has 5 nitrogen and oxygen atoms in total. The number of anilines is 2. The molecule has 1 heterocycles. The van der Waals surface area contributed by atoms with Crippen LogP contribution in [0, 0.1) is 0 Å². The lowest BCUT2D eigenvalue weighted by Crippen LogP contribution is -2.34. The lowest BCUT2D eigenvalue weighted by atomic mass is 10.2. The van der Waals surface area contributed by atoms with Gasteiger partial charge in [-0.25, -0.2) is 4.90 Å². The van der Waals surface area contributed by atoms with E-state index in [0.29, 0.717) is 12.3 Å². The van der Waals surface area contributed by atoms with Crippen molar-refractivity contribution in [2.24, 2.45) is 0 Å². The van der Waals surface area contributed by atoms with E-state index in [-0.39, 0.29) is 18.2 Å². The normalized spacial score (nSPS) is 17.2. The number of nitrogens with one attached hydrogen (secondary N) is 1. The zero-order chi connectivity index (χ0) is 17.1. The van der Waals surface area contributed by atoms with Gasteiger partial charge in [0.05, 0.1) is 18.7 Å². The third-order valence-electron chi connectivity index (χ3n) is 3.74. The summed E-state index contributed by atoms with van der Waals surface area (Å²) in [5.74, 6) is 0.329. The molecule has 2 aromatic rings. The summed E-state index contributed by atoms with van der Waals surface area (Å²) in [6.07, 6.45) is 0.141. The lowest BCUT2D eigenvalue weighted by Gasteiger charge is -2.16. The van der Waals surface area contributed by atoms with Gasteiger partial charge in [0.1, 0.15) is 11.8 Å². The molecule has 3 rings (SSSR count). The van der Waals surface area contributed by atoms with Crippen molar-refractivity contribution in [1.29, 1.82) is 0 Å². The lowest BCUT2D eigenvalue weighted by molar-refractivity contribution is -0.121. The Balaban J connectivity index is 1.72. The van der Waals surface area contributed by atoms with Gasteiger partial charge in [0.25, 0.3) is 5.91 Å². The predicted octanol–water partition coefficient (Wildman–Crippen LogP) is 3.59. The monoisotopic (exact) mass is 388 g/mol. The quantitative estimate of drug-likeness (QED) is 0.795. The first-order chi connectivity index (χ1) is 11.6. The average molecular weight is 389 g/mol. The number of imide groups is 1. The molecule has 0 aromatic heterocycles. The number of carbonyl (C=O) groups is 2. The van der Waals surface area contributed by atoms with Crippen molar-refractivity contribution in [3.63, 3.8) is 0 Å². The highest BCUT2D eigenvalue weighted by molar-refractivity contribution is 9.10. The molecule has 0 spiro atoms. The number of benzene rings is 2. The molecule has 1 N–H and O–H groups in total. The van der Waals surface area contributed by atoms with Crippen molar-refractivity contribution in [2.45, 2.75) is 19.4 Å². The number of carbonyl (C=O) groups excluding carboxylic acids is 2. The zero-order valence-electron chi connectivity index (χ0n) is 13.2. The number of nitrogens with zero attached hydrogens (tertiary/aromatic N) is 1. The zero-order valence-corrected chi connectivity index (χ0v) is 14.7. The maximum absolute atomic E-state index is 12.6. The molecule has 0 aliphatic carbocycles. The van der Waals surface area contributed by atoms with Crippen molar-refractivity contribution in [2.75, 3.05) is 16.8 Å². The topological polar surface area (TPSA) is 58.6 Å². The van der Waals surface area contributed by atoms with E-state index in [9.17, 15) is 9.59 Å². The molecule has 0 bridgehead atoms. The van der Waals surface area contributed by atoms with Crippen LogP contribution < -0.4 is 15.0 Å². The van der Waals surface area contributed by atoms with Crippen LogP contribution in [-0.2, 0) is 9.59 Å². The average Bonchev–Trinajstić information content (AvgIpc) is 2.85. The van der Waals surface area contributed by atoms with Crippen LogP contribution in [0.5, 0.6) is 5.75 Å². The van der Waals surface area contributed by atoms with Crippen molar-refractivity contribution >= 4 is 39.1 Å². The summed E-state index contributed by atoms with van der Waals surface area (Å²) in [4.78, 5) is 26.1. The highest BCUT2D eigenvalue weighted by Gasteiger charge is 2.39. The van der Waals surface area contributed by atoms with Crippen molar-refractivity contribution in [3.8, 4) is 5.75 Å². The minimum Gasteiger partial charge on any atom is -0.494 e. The van der Waals surface area contributed by atoms with Crippen LogP contribution in [0.2, 0.25) is 0 Å². The Kier molecular flexibility index (Phi) is 4.85. The van der Waals surface area contributed by atoms with E-state index < -0.39 is 6.04 Å². The summed E-state index contributed by atoms with van der Waals surface area (Å²) in [6.45, 7) is 2.52. The van der Waals surface area contributed by atoms with Crippen LogP contribution in [0.3, 0.4) is 0 Å². The van der Waals surface area contributed by atoms with Gasteiger partial charge in [-0.15, -0.1) is 0 Å². The Hall–Kier alpha value is -2.34. The van der Waals surface area contributed by atoms with Crippen LogP contribution in [-0.4, -0.2) is 24.5 Å². The first kappa shape index (κ1) is 16.5. The van der Waals surface area contributed by atoms with Crippen LogP contribution in [0.1, 0.15) is 13.3 Å². The first-order valence-electron chi connectivity index (χ1n) is 7.70. The van der Waals surface area contributed by atoms with Gasteiger partial charge in [-0.2, -0.15) is 0 Å². The highest BCUT2D eigenvalue weighted by atomic mass is 79.9. The van der Waals surface area contributed by atoms with Crippen LogP contribution >= 0.6 is 15.9 Å². The number of ether oxygens (including phenoxy) is 1. The molecule has 2 amide bonds. The number of hydrogen-bond donors (Lipinski definition) is 1. The second-order valence-corrected chi connectivity index (χ2v) is 6.32. The second kappa shape index (κ2) is 7.05. The molecule has 0 radical (unpaired) electrons. The molecule has 0 saturated carbocycles. The van der Waals surface area contributed by atoms with Crippen molar-refractivity contribution in [1.82, 2.24) is 0 Å². The second-order valence-electron chi connectivity index (χ2n) is 5.40. The van der Waals surface area contributed by atoms with E-state index in [2.05, 4.69) is 21.2 Å². The summed E-state index contributed by atoms with van der Waals surface area (Å²) in [5.41, 5.74) is 1.37. The van der Waals surface area contributed by atoms with Gasteiger partial charge in [0, 0.05) is 10.2 Å². The number of hydrogen-bond acceptors (Lipinski definition) is 4. The van der Waals surface area contributed by atoms with E-state index in [1.807, 2.05) is 43.3 Å². The maximum atomic E-state index is 12.6. The Labute approximate surface area is 148 Å². The smallest absolute Gasteiger partial charge is 0.256 e. The Morgan fingerprint density at radius 2 is 1.79 bits per heavy atom. The van der Waals surface area contributed by atoms with Gasteiger partial charge in [-0.1, -0.05) is 15.9 Å². The minimum absolute atomic E-state index is 0.141. The molecule has 1 unspecified atom stereocenters. The fraction of sp³-hybridized carbons (Fsp3) is 0.222. The van der Waals surface area contributed by atoms with Crippen molar-refractivity contribution in [3.05, 3.63) is 53.0 Å². The van der Waals surface area contributed by atoms with Gasteiger partial charge in [-0.3, -0.25) is 9.59 Å². The number of halogens is 1. The van der Waals surface area contributed by atoms with Gasteiger partial charge in [0.15, 0.2) is 0 Å². The van der Waals surface area contributed by atoms with Gasteiger partial charge >= 0.3 is 0 Å². The molecular weight excluding hydrogens is 372 g/mol. The summed E-state index contributed by atoms with van der Waals surface area (Å²) in [6, 6.07) is 13.9. The van der Waals surface area contributed by atoms with Gasteiger partial charge in [-0.05, 0) is 55.5 Å². The van der Waals surface area contributed by atoms with E-state index in [1.165, 1.54) is 4.90 Å². The molecule has 1 saturated heterocycles. The largest absolute Gasteiger partial charge is 0.494 e. The Morgan fingerprint density at radius 3 is 2.42 bits per heavy atom. The Morgan fingerprint density at radius 1 is 1.12 bits per heavy atom. The van der Waals surface area contributed by atoms with Gasteiger partial charge < -0.3 is 10.1 Å². The molecule has 1 atom stereocenters. The van der Waals surface area contributed by atoms with Crippen LogP contribution in [0.4, 0.5) is 11.4 Å². The fourth-order valence-corrected chi connectivity index (χ4v) is 2.89. The van der Waals surface area contributed by atoms with E-state index >= 15 is 0 Å². The van der Waals surface area contributed by atoms with Crippen LogP contribution in [0.25, 0.3) is 0 Å². The third kappa shape index (κ3) is 3.43. The molecule has 24 heavy (non-hydrogen) atoms. The molecule has 124 valence electrons. The van der Waals surface area contributed by atoms with E-state index in [0.717, 1.165) is 15.9 Å². The van der Waals surface area contributed by atoms with Gasteiger partial charge in [0.2, 0.25) is 5.91 Å². The van der Waals surface area contributed by atoms with E-state index in [1.54, 1.807) is 12.1 Å². The first-order valence-corrected chi connectivity index (χ1v) is 8.49. The SMILES string of the molecule is CCOc1ccc(NC2CC(=O)N(c3ccc(Br)cc3)C2=O)cc1. The Bertz CT molecular complexity index is 744. The molecule has 6 heteroatoms. The molecule has 1 aliphatic heterocycles. The summed E-state index contributed by atoms with van der Waals surface area (Å²) in [5, 5.41) is 3.12. The predicted molar refractivity (Wildman–Crippen MR) is 96.3 cm³/mol. The summed E-state index contributed by atoms with van der Waals surface area (Å²) >= 11 is 3.35. The summed E-state index contributed by atoms with van der Waals surface area (Å²) < 4.78 is 6.29. The minimum atomic E-state index is -0.556. The highest BCUT2D eigenvalue weighted by Crippen LogP contribution is 2.26. The van der Waals surface area contributed by atoms with Crippen LogP contribution in [0.15, 0.2) is 53.0 Å². The summed E-state index contributed by atoms with van der Waals surface area (Å²) in [7, 11) is 0. The number of amides is 2. The maximum Gasteiger partial charge on any atom is 0.256 e. The fourth-order valence-electron chi connectivity index (χ4n) is 2.62. The number of rotatable bonds is 5. The standard InChI is InChI=1S/C18H17BrN2O3/c1-2-24-15-9-5-13(6-10-15)20-16-11-17(22)21(18(16)23)14-7-3-12(19)4-8-14/h3-10,16,20H,2,11H2,1H3. The molecule has 1 aliphatic rings. The third-order valence-corrected chi connectivity index (χ3v) is 4.27.